The Hall–Kier alpha value is -2.00. The number of Topliss-reactive ketones (excluding diaryl/α,β-unsaturated/α-hetero) is 2. The number of hydrogen-bond donors (Lipinski definition) is 1. The van der Waals surface area contributed by atoms with Gasteiger partial charge in [0.15, 0.2) is 0 Å². The number of hydrogen-bond acceptors (Lipinski definition) is 3. The lowest BCUT2D eigenvalue weighted by atomic mass is 10.1. The summed E-state index contributed by atoms with van der Waals surface area (Å²) < 4.78 is 0. The van der Waals surface area contributed by atoms with Crippen LogP contribution in [0.2, 0.25) is 0 Å². The Kier molecular flexibility index (Phi) is 3.02. The Morgan fingerprint density at radius 2 is 1.24 bits per heavy atom. The maximum absolute atomic E-state index is 11.5. The normalized spacial score (nSPS) is 12.6. The topological polar surface area (TPSA) is 46.2 Å². The van der Waals surface area contributed by atoms with Crippen molar-refractivity contribution in [2.24, 2.45) is 0 Å². The Balaban J connectivity index is 0.000000329. The molecule has 0 aromatic heterocycles. The van der Waals surface area contributed by atoms with Gasteiger partial charge in [-0.25, -0.2) is 0 Å². The maximum Gasteiger partial charge on any atom is 0.234 e. The van der Waals surface area contributed by atoms with Crippen molar-refractivity contribution in [2.75, 3.05) is 14.1 Å². The molecule has 2 aromatic carbocycles. The molecule has 1 aliphatic rings. The number of ketones is 2. The third kappa shape index (κ3) is 1.74. The highest BCUT2D eigenvalue weighted by molar-refractivity contribution is 6.57. The summed E-state index contributed by atoms with van der Waals surface area (Å²) in [5.41, 5.74) is 1.09. The number of carbonyl (C=O) groups is 2. The molecule has 86 valence electrons. The molecule has 1 N–H and O–H groups in total. The number of carbonyl (C=O) groups excluding carboxylic acids is 2. The van der Waals surface area contributed by atoms with Crippen molar-refractivity contribution in [3.05, 3.63) is 47.5 Å². The molecule has 0 saturated heterocycles. The van der Waals surface area contributed by atoms with Crippen LogP contribution in [0.1, 0.15) is 20.7 Å². The molecule has 3 nitrogen and oxygen atoms in total. The molecule has 17 heavy (non-hydrogen) atoms. The van der Waals surface area contributed by atoms with E-state index in [-0.39, 0.29) is 11.6 Å². The zero-order valence-electron chi connectivity index (χ0n) is 9.78. The van der Waals surface area contributed by atoms with Crippen molar-refractivity contribution in [3.63, 3.8) is 0 Å². The third-order valence-electron chi connectivity index (χ3n) is 2.60. The Morgan fingerprint density at radius 1 is 0.824 bits per heavy atom. The van der Waals surface area contributed by atoms with E-state index >= 15 is 0 Å². The Bertz CT molecular complexity index is 553. The van der Waals surface area contributed by atoms with E-state index in [1.54, 1.807) is 24.3 Å². The molecule has 0 saturated carbocycles. The average Bonchev–Trinajstić information content (AvgIpc) is 2.59. The molecule has 3 rings (SSSR count). The average molecular weight is 227 g/mol. The van der Waals surface area contributed by atoms with Gasteiger partial charge in [0.2, 0.25) is 11.6 Å². The summed E-state index contributed by atoms with van der Waals surface area (Å²) in [6.45, 7) is 0. The van der Waals surface area contributed by atoms with Crippen LogP contribution < -0.4 is 5.32 Å². The van der Waals surface area contributed by atoms with Gasteiger partial charge in [0.25, 0.3) is 0 Å². The fourth-order valence-electron chi connectivity index (χ4n) is 1.96. The Morgan fingerprint density at radius 3 is 1.65 bits per heavy atom. The number of rotatable bonds is 0. The highest BCUT2D eigenvalue weighted by Gasteiger charge is 2.29. The zero-order chi connectivity index (χ0) is 12.4. The van der Waals surface area contributed by atoms with E-state index in [0.29, 0.717) is 11.1 Å². The molecular formula is C14H13NO2. The van der Waals surface area contributed by atoms with Gasteiger partial charge in [-0.1, -0.05) is 36.4 Å². The van der Waals surface area contributed by atoms with Gasteiger partial charge in [0.05, 0.1) is 0 Å². The van der Waals surface area contributed by atoms with E-state index in [1.165, 1.54) is 0 Å². The van der Waals surface area contributed by atoms with Gasteiger partial charge < -0.3 is 5.32 Å². The van der Waals surface area contributed by atoms with Gasteiger partial charge >= 0.3 is 0 Å². The summed E-state index contributed by atoms with van der Waals surface area (Å²) in [7, 11) is 3.75. The molecule has 0 spiro atoms. The lowest BCUT2D eigenvalue weighted by molar-refractivity contribution is 0.0825. The summed E-state index contributed by atoms with van der Waals surface area (Å²) >= 11 is 0. The third-order valence-corrected chi connectivity index (χ3v) is 2.60. The summed E-state index contributed by atoms with van der Waals surface area (Å²) in [5.74, 6) is -0.756. The fraction of sp³-hybridized carbons (Fsp3) is 0.143. The number of benzene rings is 2. The summed E-state index contributed by atoms with van der Waals surface area (Å²) in [5, 5.41) is 4.52. The van der Waals surface area contributed by atoms with Crippen molar-refractivity contribution in [2.45, 2.75) is 0 Å². The maximum atomic E-state index is 11.5. The first-order valence-corrected chi connectivity index (χ1v) is 5.40. The van der Waals surface area contributed by atoms with Gasteiger partial charge in [-0.05, 0) is 19.5 Å². The molecule has 0 fully saturated rings. The smallest absolute Gasteiger partial charge is 0.234 e. The van der Waals surface area contributed by atoms with Crippen LogP contribution in [-0.4, -0.2) is 25.7 Å². The first-order valence-electron chi connectivity index (χ1n) is 5.40. The van der Waals surface area contributed by atoms with Crippen LogP contribution in [0.3, 0.4) is 0 Å². The molecule has 0 unspecified atom stereocenters. The molecule has 0 bridgehead atoms. The second kappa shape index (κ2) is 4.47. The summed E-state index contributed by atoms with van der Waals surface area (Å²) in [6.07, 6.45) is 0. The van der Waals surface area contributed by atoms with Crippen molar-refractivity contribution in [1.82, 2.24) is 5.32 Å². The van der Waals surface area contributed by atoms with Crippen molar-refractivity contribution in [3.8, 4) is 0 Å². The van der Waals surface area contributed by atoms with Crippen LogP contribution in [0.4, 0.5) is 0 Å². The van der Waals surface area contributed by atoms with Crippen molar-refractivity contribution < 1.29 is 9.59 Å². The van der Waals surface area contributed by atoms with E-state index in [4.69, 9.17) is 0 Å². The molecule has 0 aliphatic heterocycles. The van der Waals surface area contributed by atoms with Crippen LogP contribution in [0, 0.1) is 0 Å². The van der Waals surface area contributed by atoms with E-state index < -0.39 is 0 Å². The lowest BCUT2D eigenvalue weighted by Crippen LogP contribution is -2.05. The van der Waals surface area contributed by atoms with Crippen LogP contribution in [0.15, 0.2) is 36.4 Å². The molecule has 0 radical (unpaired) electrons. The van der Waals surface area contributed by atoms with E-state index in [2.05, 4.69) is 5.32 Å². The number of nitrogens with one attached hydrogen (secondary N) is 1. The molecule has 1 aliphatic carbocycles. The SMILES string of the molecule is CNC.O=C1C(=O)c2cccc3cccc1c23. The van der Waals surface area contributed by atoms with Crippen molar-refractivity contribution >= 4 is 22.3 Å². The van der Waals surface area contributed by atoms with Crippen LogP contribution in [0.25, 0.3) is 10.8 Å². The predicted molar refractivity (Wildman–Crippen MR) is 67.6 cm³/mol. The zero-order valence-corrected chi connectivity index (χ0v) is 9.78. The monoisotopic (exact) mass is 227 g/mol. The summed E-state index contributed by atoms with van der Waals surface area (Å²) in [4.78, 5) is 23.1. The highest BCUT2D eigenvalue weighted by atomic mass is 16.2. The molecule has 3 heteroatoms. The molecule has 0 amide bonds. The van der Waals surface area contributed by atoms with Crippen LogP contribution in [0.5, 0.6) is 0 Å². The van der Waals surface area contributed by atoms with Gasteiger partial charge in [0, 0.05) is 16.5 Å². The molecule has 2 aromatic rings. The standard InChI is InChI=1S/C12H6O2.C2H7N/c13-11-8-5-1-3-7-4-2-6-9(10(7)8)12(11)14;1-3-2/h1-6H;3H,1-2H3. The minimum Gasteiger partial charge on any atom is -0.323 e. The quantitative estimate of drug-likeness (QED) is 0.701. The van der Waals surface area contributed by atoms with Gasteiger partial charge in [-0.15, -0.1) is 0 Å². The largest absolute Gasteiger partial charge is 0.323 e. The van der Waals surface area contributed by atoms with Crippen LogP contribution in [-0.2, 0) is 0 Å². The second-order valence-electron chi connectivity index (χ2n) is 3.87. The van der Waals surface area contributed by atoms with Gasteiger partial charge in [0.1, 0.15) is 0 Å². The fourth-order valence-corrected chi connectivity index (χ4v) is 1.96. The van der Waals surface area contributed by atoms with E-state index in [0.717, 1.165) is 10.8 Å². The predicted octanol–water partition coefficient (Wildman–Crippen LogP) is 2.05. The molecule has 0 atom stereocenters. The summed E-state index contributed by atoms with van der Waals surface area (Å²) in [6, 6.07) is 10.8. The van der Waals surface area contributed by atoms with Gasteiger partial charge in [-0.3, -0.25) is 9.59 Å². The van der Waals surface area contributed by atoms with Gasteiger partial charge in [-0.2, -0.15) is 0 Å². The highest BCUT2D eigenvalue weighted by Crippen LogP contribution is 2.30. The van der Waals surface area contributed by atoms with E-state index in [1.807, 2.05) is 26.2 Å². The second-order valence-corrected chi connectivity index (χ2v) is 3.87. The van der Waals surface area contributed by atoms with Crippen molar-refractivity contribution in [1.29, 1.82) is 0 Å². The minimum atomic E-state index is -0.378. The van der Waals surface area contributed by atoms with E-state index in [9.17, 15) is 9.59 Å². The first-order chi connectivity index (χ1) is 8.20. The lowest BCUT2D eigenvalue weighted by Gasteiger charge is -1.97. The van der Waals surface area contributed by atoms with Crippen LogP contribution >= 0.6 is 0 Å². The minimum absolute atomic E-state index is 0.378. The Labute approximate surface area is 99.4 Å². The molecule has 0 heterocycles. The first kappa shape index (κ1) is 11.5. The molecular weight excluding hydrogens is 214 g/mol.